The van der Waals surface area contributed by atoms with Crippen molar-refractivity contribution >= 4 is 54.1 Å². The van der Waals surface area contributed by atoms with Gasteiger partial charge in [0.2, 0.25) is 0 Å². The molecule has 0 spiro atoms. The first-order valence-corrected chi connectivity index (χ1v) is 14.1. The fourth-order valence-corrected chi connectivity index (χ4v) is 6.82. The number of nitrogens with zero attached hydrogens (tertiary/aromatic N) is 2. The summed E-state index contributed by atoms with van der Waals surface area (Å²) in [6, 6.07) is 48.7. The van der Waals surface area contributed by atoms with Crippen molar-refractivity contribution in [3.8, 4) is 27.9 Å². The fourth-order valence-electron chi connectivity index (χ4n) is 6.82. The highest BCUT2D eigenvalue weighted by Gasteiger charge is 2.17. The summed E-state index contributed by atoms with van der Waals surface area (Å²) in [5, 5.41) is 10.3. The Hall–Kier alpha value is -5.47. The zero-order valence-electron chi connectivity index (χ0n) is 22.3. The molecule has 2 heteroatoms. The molecule has 0 saturated heterocycles. The number of benzene rings is 7. The average Bonchev–Trinajstić information content (AvgIpc) is 3.38. The molecule has 0 radical (unpaired) electrons. The second kappa shape index (κ2) is 8.51. The van der Waals surface area contributed by atoms with Crippen molar-refractivity contribution in [2.75, 3.05) is 0 Å². The van der Waals surface area contributed by atoms with Crippen molar-refractivity contribution in [1.82, 2.24) is 9.55 Å². The molecule has 2 nitrogen and oxygen atoms in total. The van der Waals surface area contributed by atoms with Gasteiger partial charge in [0.15, 0.2) is 0 Å². The van der Waals surface area contributed by atoms with E-state index in [-0.39, 0.29) is 0 Å². The van der Waals surface area contributed by atoms with Crippen LogP contribution in [0.1, 0.15) is 0 Å². The van der Waals surface area contributed by atoms with Gasteiger partial charge in [-0.1, -0.05) is 103 Å². The SMILES string of the molecule is c1ccc(-n2c3ccccc3c3ccc(-c4ccc5ccc6c(-c7cccnc7)ccc7ccc4c5c76)cc32)cc1. The normalized spacial score (nSPS) is 11.9. The number of aromatic nitrogens is 2. The molecular weight excluding hydrogens is 496 g/mol. The molecule has 41 heavy (non-hydrogen) atoms. The third kappa shape index (κ3) is 3.22. The lowest BCUT2D eigenvalue weighted by Crippen LogP contribution is -1.93. The van der Waals surface area contributed by atoms with Crippen LogP contribution < -0.4 is 0 Å². The molecule has 0 fully saturated rings. The Bertz CT molecular complexity index is 2400. The van der Waals surface area contributed by atoms with Gasteiger partial charge < -0.3 is 4.57 Å². The monoisotopic (exact) mass is 520 g/mol. The summed E-state index contributed by atoms with van der Waals surface area (Å²) >= 11 is 0. The number of hydrogen-bond acceptors (Lipinski definition) is 1. The van der Waals surface area contributed by atoms with E-state index in [1.54, 1.807) is 0 Å². The Morgan fingerprint density at radius 2 is 1.07 bits per heavy atom. The molecule has 2 aromatic heterocycles. The van der Waals surface area contributed by atoms with Crippen molar-refractivity contribution in [2.45, 2.75) is 0 Å². The number of para-hydroxylation sites is 2. The molecule has 0 aliphatic heterocycles. The first kappa shape index (κ1) is 22.4. The molecule has 0 aliphatic rings. The van der Waals surface area contributed by atoms with Crippen LogP contribution in [0.15, 0.2) is 146 Å². The van der Waals surface area contributed by atoms with Crippen molar-refractivity contribution in [2.24, 2.45) is 0 Å². The molecule has 9 rings (SSSR count). The van der Waals surface area contributed by atoms with E-state index >= 15 is 0 Å². The predicted octanol–water partition coefficient (Wildman–Crippen LogP) is 10.4. The Morgan fingerprint density at radius 3 is 1.80 bits per heavy atom. The van der Waals surface area contributed by atoms with Gasteiger partial charge in [-0.25, -0.2) is 0 Å². The van der Waals surface area contributed by atoms with Gasteiger partial charge in [0.05, 0.1) is 11.0 Å². The van der Waals surface area contributed by atoms with E-state index < -0.39 is 0 Å². The summed E-state index contributed by atoms with van der Waals surface area (Å²) in [7, 11) is 0. The minimum atomic E-state index is 1.14. The lowest BCUT2D eigenvalue weighted by molar-refractivity contribution is 1.18. The van der Waals surface area contributed by atoms with E-state index in [2.05, 4.69) is 137 Å². The van der Waals surface area contributed by atoms with E-state index in [4.69, 9.17) is 0 Å². The average molecular weight is 521 g/mol. The van der Waals surface area contributed by atoms with Crippen LogP contribution in [0.2, 0.25) is 0 Å². The molecule has 0 bridgehead atoms. The van der Waals surface area contributed by atoms with Gasteiger partial charge in [-0.05, 0) is 79.3 Å². The summed E-state index contributed by atoms with van der Waals surface area (Å²) in [5.41, 5.74) is 8.47. The van der Waals surface area contributed by atoms with Crippen LogP contribution in [0.3, 0.4) is 0 Å². The summed E-state index contributed by atoms with van der Waals surface area (Å²) in [6.45, 7) is 0. The van der Waals surface area contributed by atoms with Gasteiger partial charge in [-0.15, -0.1) is 0 Å². The molecule has 9 aromatic rings. The lowest BCUT2D eigenvalue weighted by Gasteiger charge is -2.16. The maximum atomic E-state index is 4.39. The van der Waals surface area contributed by atoms with Gasteiger partial charge >= 0.3 is 0 Å². The van der Waals surface area contributed by atoms with Gasteiger partial charge in [0.1, 0.15) is 0 Å². The number of rotatable bonds is 3. The maximum Gasteiger partial charge on any atom is 0.0547 e. The summed E-state index contributed by atoms with van der Waals surface area (Å²) in [4.78, 5) is 4.39. The smallest absolute Gasteiger partial charge is 0.0547 e. The van der Waals surface area contributed by atoms with Crippen molar-refractivity contribution in [3.05, 3.63) is 146 Å². The van der Waals surface area contributed by atoms with E-state index in [1.807, 2.05) is 18.5 Å². The van der Waals surface area contributed by atoms with Crippen LogP contribution in [0, 0.1) is 0 Å². The maximum absolute atomic E-state index is 4.39. The van der Waals surface area contributed by atoms with Crippen LogP contribution in [0.5, 0.6) is 0 Å². The molecule has 190 valence electrons. The van der Waals surface area contributed by atoms with E-state index in [0.717, 1.165) is 5.56 Å². The Labute approximate surface area is 237 Å². The second-order valence-corrected chi connectivity index (χ2v) is 10.8. The molecule has 0 amide bonds. The quantitative estimate of drug-likeness (QED) is 0.212. The molecule has 0 saturated carbocycles. The van der Waals surface area contributed by atoms with E-state index in [9.17, 15) is 0 Å². The number of pyridine rings is 1. The summed E-state index contributed by atoms with van der Waals surface area (Å²) < 4.78 is 2.39. The van der Waals surface area contributed by atoms with Crippen LogP contribution in [0.4, 0.5) is 0 Å². The Morgan fingerprint density at radius 1 is 0.439 bits per heavy atom. The fraction of sp³-hybridized carbons (Fsp3) is 0. The second-order valence-electron chi connectivity index (χ2n) is 10.8. The molecule has 2 heterocycles. The highest BCUT2D eigenvalue weighted by Crippen LogP contribution is 2.43. The molecule has 7 aromatic carbocycles. The summed E-state index contributed by atoms with van der Waals surface area (Å²) in [5.74, 6) is 0. The molecule has 0 unspecified atom stereocenters. The largest absolute Gasteiger partial charge is 0.309 e. The minimum absolute atomic E-state index is 1.14. The predicted molar refractivity (Wildman–Crippen MR) is 173 cm³/mol. The molecule has 0 aliphatic carbocycles. The minimum Gasteiger partial charge on any atom is -0.309 e. The van der Waals surface area contributed by atoms with E-state index in [1.165, 1.54) is 76.5 Å². The first-order chi connectivity index (χ1) is 20.3. The zero-order chi connectivity index (χ0) is 26.9. The zero-order valence-corrected chi connectivity index (χ0v) is 22.3. The van der Waals surface area contributed by atoms with Gasteiger partial charge in [0, 0.05) is 34.4 Å². The van der Waals surface area contributed by atoms with E-state index in [0.29, 0.717) is 0 Å². The highest BCUT2D eigenvalue weighted by molar-refractivity contribution is 6.27. The van der Waals surface area contributed by atoms with Crippen LogP contribution >= 0.6 is 0 Å². The molecule has 0 N–H and O–H groups in total. The molecule has 0 atom stereocenters. The number of fused-ring (bicyclic) bond motifs is 3. The van der Waals surface area contributed by atoms with Gasteiger partial charge in [0.25, 0.3) is 0 Å². The standard InChI is InChI=1S/C39H24N2/c1-2-8-29(9-3-1)41-36-11-5-4-10-32(36)33-19-16-27(23-37(33)41)30-17-12-25-15-21-35-31(28-7-6-22-40-24-28)18-13-26-14-20-34(30)38(25)39(26)35/h1-24H. The van der Waals surface area contributed by atoms with Gasteiger partial charge in [-0.2, -0.15) is 0 Å². The third-order valence-electron chi connectivity index (χ3n) is 8.64. The van der Waals surface area contributed by atoms with Crippen molar-refractivity contribution in [3.63, 3.8) is 0 Å². The third-order valence-corrected chi connectivity index (χ3v) is 8.64. The highest BCUT2D eigenvalue weighted by atomic mass is 15.0. The topological polar surface area (TPSA) is 17.8 Å². The van der Waals surface area contributed by atoms with Crippen LogP contribution in [-0.4, -0.2) is 9.55 Å². The van der Waals surface area contributed by atoms with Crippen LogP contribution in [-0.2, 0) is 0 Å². The first-order valence-electron chi connectivity index (χ1n) is 14.1. The Kier molecular flexibility index (Phi) is 4.64. The van der Waals surface area contributed by atoms with Crippen molar-refractivity contribution in [1.29, 1.82) is 0 Å². The summed E-state index contributed by atoms with van der Waals surface area (Å²) in [6.07, 6.45) is 3.79. The molecular formula is C39H24N2. The number of hydrogen-bond donors (Lipinski definition) is 0. The van der Waals surface area contributed by atoms with Crippen molar-refractivity contribution < 1.29 is 0 Å². The van der Waals surface area contributed by atoms with Gasteiger partial charge in [-0.3, -0.25) is 4.98 Å². The van der Waals surface area contributed by atoms with Crippen LogP contribution in [0.25, 0.3) is 82.1 Å². The Balaban J connectivity index is 1.34. The lowest BCUT2D eigenvalue weighted by atomic mass is 9.87.